The summed E-state index contributed by atoms with van der Waals surface area (Å²) < 4.78 is 18.2. The number of fused-ring (bicyclic) bond motifs is 1. The van der Waals surface area contributed by atoms with E-state index in [1.54, 1.807) is 39.6 Å². The largest absolute Gasteiger partial charge is 0.497 e. The second-order valence-electron chi connectivity index (χ2n) is 8.09. The van der Waals surface area contributed by atoms with Crippen molar-refractivity contribution in [2.75, 3.05) is 14.2 Å². The van der Waals surface area contributed by atoms with Crippen LogP contribution in [0.25, 0.3) is 6.08 Å². The molecular weight excluding hydrogens is 452 g/mol. The van der Waals surface area contributed by atoms with Gasteiger partial charge >= 0.3 is 5.97 Å². The summed E-state index contributed by atoms with van der Waals surface area (Å²) in [6, 6.07) is 14.1. The molecule has 0 saturated heterocycles. The molecule has 0 radical (unpaired) electrons. The maximum atomic E-state index is 13.6. The number of methoxy groups -OCH3 is 2. The fraction of sp³-hybridized carbons (Fsp3) is 0.269. The number of rotatable bonds is 6. The maximum absolute atomic E-state index is 13.6. The van der Waals surface area contributed by atoms with Crippen LogP contribution in [0, 0.1) is 0 Å². The summed E-state index contributed by atoms with van der Waals surface area (Å²) in [5, 5.41) is 0. The Kier molecular flexibility index (Phi) is 6.70. The molecule has 34 heavy (non-hydrogen) atoms. The number of benzene rings is 2. The second kappa shape index (κ2) is 9.69. The highest BCUT2D eigenvalue weighted by Crippen LogP contribution is 2.32. The van der Waals surface area contributed by atoms with Crippen molar-refractivity contribution in [1.82, 2.24) is 4.57 Å². The van der Waals surface area contributed by atoms with Crippen LogP contribution in [0.5, 0.6) is 11.5 Å². The number of aromatic nitrogens is 1. The summed E-state index contributed by atoms with van der Waals surface area (Å²) in [4.78, 5) is 31.9. The molecule has 176 valence electrons. The third-order valence-electron chi connectivity index (χ3n) is 5.41. The smallest absolute Gasteiger partial charge is 0.338 e. The Hall–Kier alpha value is -3.65. The van der Waals surface area contributed by atoms with Crippen LogP contribution in [-0.2, 0) is 9.53 Å². The van der Waals surface area contributed by atoms with E-state index >= 15 is 0 Å². The Bertz CT molecular complexity index is 1430. The average Bonchev–Trinajstić information content (AvgIpc) is 3.12. The molecule has 0 aliphatic carbocycles. The first-order chi connectivity index (χ1) is 16.3. The first kappa shape index (κ1) is 23.5. The monoisotopic (exact) mass is 478 g/mol. The number of nitrogens with zero attached hydrogens (tertiary/aromatic N) is 2. The van der Waals surface area contributed by atoms with E-state index in [1.807, 2.05) is 54.6 Å². The van der Waals surface area contributed by atoms with Crippen LogP contribution in [0.3, 0.4) is 0 Å². The Morgan fingerprint density at radius 3 is 2.44 bits per heavy atom. The van der Waals surface area contributed by atoms with Crippen molar-refractivity contribution < 1.29 is 19.0 Å². The molecule has 0 amide bonds. The molecule has 1 aromatic heterocycles. The molecule has 2 aromatic carbocycles. The van der Waals surface area contributed by atoms with Crippen molar-refractivity contribution in [3.05, 3.63) is 90.6 Å². The summed E-state index contributed by atoms with van der Waals surface area (Å²) in [7, 11) is 3.18. The summed E-state index contributed by atoms with van der Waals surface area (Å²) >= 11 is 1.29. The van der Waals surface area contributed by atoms with E-state index in [-0.39, 0.29) is 11.7 Å². The Labute approximate surface area is 201 Å². The first-order valence-corrected chi connectivity index (χ1v) is 11.7. The summed E-state index contributed by atoms with van der Waals surface area (Å²) in [5.74, 6) is 0.873. The van der Waals surface area contributed by atoms with Crippen LogP contribution in [0.2, 0.25) is 0 Å². The van der Waals surface area contributed by atoms with Gasteiger partial charge in [0.1, 0.15) is 11.5 Å². The van der Waals surface area contributed by atoms with Gasteiger partial charge in [0.05, 0.1) is 42.2 Å². The number of allylic oxidation sites excluding steroid dienone is 1. The third-order valence-corrected chi connectivity index (χ3v) is 6.39. The van der Waals surface area contributed by atoms with Crippen molar-refractivity contribution >= 4 is 23.4 Å². The molecule has 1 atom stereocenters. The highest BCUT2D eigenvalue weighted by atomic mass is 32.1. The molecule has 0 bridgehead atoms. The highest BCUT2D eigenvalue weighted by molar-refractivity contribution is 7.07. The van der Waals surface area contributed by atoms with E-state index < -0.39 is 12.0 Å². The molecule has 1 aliphatic heterocycles. The number of hydrogen-bond acceptors (Lipinski definition) is 7. The number of carbonyl (C=O) groups is 1. The summed E-state index contributed by atoms with van der Waals surface area (Å²) in [6.45, 7) is 5.35. The third kappa shape index (κ3) is 4.54. The molecule has 0 N–H and O–H groups in total. The standard InChI is InChI=1S/C26H26N2O5S/c1-15(2)33-25(30)22-16(3)27-26-28(23(22)18-7-6-8-20(14-18)32-5)24(29)21(34-26)13-17-9-11-19(31-4)12-10-17/h6-15,23H,1-5H3/t23-/m1/s1. The molecule has 0 saturated carbocycles. The number of hydrogen-bond donors (Lipinski definition) is 0. The van der Waals surface area contributed by atoms with E-state index in [2.05, 4.69) is 4.99 Å². The molecule has 0 spiro atoms. The van der Waals surface area contributed by atoms with Gasteiger partial charge in [0.15, 0.2) is 4.80 Å². The summed E-state index contributed by atoms with van der Waals surface area (Å²) in [6.07, 6.45) is 1.51. The van der Waals surface area contributed by atoms with E-state index in [9.17, 15) is 9.59 Å². The normalized spacial score (nSPS) is 15.7. The molecule has 0 unspecified atom stereocenters. The zero-order valence-electron chi connectivity index (χ0n) is 19.7. The Morgan fingerprint density at radius 2 is 1.79 bits per heavy atom. The van der Waals surface area contributed by atoms with Gasteiger partial charge in [0.25, 0.3) is 5.56 Å². The minimum absolute atomic E-state index is 0.227. The number of carbonyl (C=O) groups excluding carboxylic acids is 1. The van der Waals surface area contributed by atoms with Crippen LogP contribution >= 0.6 is 11.3 Å². The van der Waals surface area contributed by atoms with Crippen molar-refractivity contribution in [2.24, 2.45) is 4.99 Å². The van der Waals surface area contributed by atoms with Gasteiger partial charge in [-0.1, -0.05) is 35.6 Å². The van der Waals surface area contributed by atoms with Gasteiger partial charge in [-0.2, -0.15) is 0 Å². The van der Waals surface area contributed by atoms with E-state index in [0.717, 1.165) is 16.9 Å². The van der Waals surface area contributed by atoms with Crippen LogP contribution in [0.15, 0.2) is 69.6 Å². The van der Waals surface area contributed by atoms with E-state index in [4.69, 9.17) is 14.2 Å². The van der Waals surface area contributed by atoms with Gasteiger partial charge in [0.2, 0.25) is 0 Å². The zero-order valence-corrected chi connectivity index (χ0v) is 20.5. The lowest BCUT2D eigenvalue weighted by molar-refractivity contribution is -0.143. The first-order valence-electron chi connectivity index (χ1n) is 10.8. The van der Waals surface area contributed by atoms with Crippen LogP contribution in [0.4, 0.5) is 0 Å². The molecule has 0 fully saturated rings. The Morgan fingerprint density at radius 1 is 1.09 bits per heavy atom. The molecule has 4 rings (SSSR count). The molecule has 2 heterocycles. The number of thiazole rings is 1. The van der Waals surface area contributed by atoms with Gasteiger partial charge in [-0.25, -0.2) is 9.79 Å². The Balaban J connectivity index is 1.92. The lowest BCUT2D eigenvalue weighted by Crippen LogP contribution is -2.40. The second-order valence-corrected chi connectivity index (χ2v) is 9.09. The fourth-order valence-electron chi connectivity index (χ4n) is 3.84. The molecular formula is C26H26N2O5S. The van der Waals surface area contributed by atoms with Gasteiger partial charge in [-0.15, -0.1) is 0 Å². The molecule has 8 heteroatoms. The summed E-state index contributed by atoms with van der Waals surface area (Å²) in [5.41, 5.74) is 2.23. The van der Waals surface area contributed by atoms with Crippen LogP contribution in [-0.4, -0.2) is 30.9 Å². The predicted molar refractivity (Wildman–Crippen MR) is 131 cm³/mol. The zero-order chi connectivity index (χ0) is 24.4. The molecule has 3 aromatic rings. The van der Waals surface area contributed by atoms with Gasteiger partial charge in [-0.05, 0) is 62.2 Å². The molecule has 1 aliphatic rings. The van der Waals surface area contributed by atoms with Crippen LogP contribution < -0.4 is 24.4 Å². The number of esters is 1. The lowest BCUT2D eigenvalue weighted by atomic mass is 9.95. The van der Waals surface area contributed by atoms with E-state index in [0.29, 0.717) is 26.4 Å². The van der Waals surface area contributed by atoms with Crippen LogP contribution in [0.1, 0.15) is 37.9 Å². The quantitative estimate of drug-likeness (QED) is 0.509. The fourth-order valence-corrected chi connectivity index (χ4v) is 4.89. The number of ether oxygens (including phenoxy) is 3. The van der Waals surface area contributed by atoms with Crippen molar-refractivity contribution in [3.8, 4) is 11.5 Å². The predicted octanol–water partition coefficient (Wildman–Crippen LogP) is 3.20. The molecule has 7 nitrogen and oxygen atoms in total. The maximum Gasteiger partial charge on any atom is 0.338 e. The van der Waals surface area contributed by atoms with Crippen molar-refractivity contribution in [2.45, 2.75) is 32.9 Å². The minimum atomic E-state index is -0.685. The van der Waals surface area contributed by atoms with E-state index in [1.165, 1.54) is 11.3 Å². The SMILES string of the molecule is COc1ccc(C=c2sc3n(c2=O)[C@H](c2cccc(OC)c2)C(C(=O)OC(C)C)=C(C)N=3)cc1. The van der Waals surface area contributed by atoms with Gasteiger partial charge < -0.3 is 14.2 Å². The van der Waals surface area contributed by atoms with Gasteiger partial charge in [-0.3, -0.25) is 9.36 Å². The minimum Gasteiger partial charge on any atom is -0.497 e. The topological polar surface area (TPSA) is 79.1 Å². The van der Waals surface area contributed by atoms with Crippen molar-refractivity contribution in [1.29, 1.82) is 0 Å². The lowest BCUT2D eigenvalue weighted by Gasteiger charge is -2.25. The van der Waals surface area contributed by atoms with Crippen molar-refractivity contribution in [3.63, 3.8) is 0 Å². The average molecular weight is 479 g/mol. The van der Waals surface area contributed by atoms with Gasteiger partial charge in [0, 0.05) is 0 Å². The highest BCUT2D eigenvalue weighted by Gasteiger charge is 2.34.